The fourth-order valence-corrected chi connectivity index (χ4v) is 3.02. The summed E-state index contributed by atoms with van der Waals surface area (Å²) in [5.74, 6) is 1.95. The van der Waals surface area contributed by atoms with Gasteiger partial charge in [0.05, 0.1) is 0 Å². The van der Waals surface area contributed by atoms with Crippen molar-refractivity contribution in [1.82, 2.24) is 14.7 Å². The van der Waals surface area contributed by atoms with Crippen molar-refractivity contribution in [3.05, 3.63) is 18.5 Å². The Balaban J connectivity index is 1.49. The van der Waals surface area contributed by atoms with Crippen molar-refractivity contribution >= 4 is 6.09 Å². The molecular formula is C14H21N3O2. The van der Waals surface area contributed by atoms with Crippen molar-refractivity contribution in [2.24, 2.45) is 17.8 Å². The van der Waals surface area contributed by atoms with Gasteiger partial charge in [0.25, 0.3) is 0 Å². The fourth-order valence-electron chi connectivity index (χ4n) is 3.02. The first-order valence-corrected chi connectivity index (χ1v) is 6.89. The van der Waals surface area contributed by atoms with E-state index in [1.807, 2.05) is 48.8 Å². The number of ether oxygens (including phenoxy) is 1. The van der Waals surface area contributed by atoms with E-state index in [9.17, 15) is 4.79 Å². The second-order valence-electron chi connectivity index (χ2n) is 6.60. The number of likely N-dealkylation sites (tertiary alicyclic amines) is 1. The van der Waals surface area contributed by atoms with Crippen LogP contribution >= 0.6 is 0 Å². The summed E-state index contributed by atoms with van der Waals surface area (Å²) in [4.78, 5) is 13.8. The molecule has 3 atom stereocenters. The van der Waals surface area contributed by atoms with Crippen LogP contribution in [0.3, 0.4) is 0 Å². The van der Waals surface area contributed by atoms with Crippen LogP contribution in [-0.2, 0) is 11.3 Å². The van der Waals surface area contributed by atoms with Crippen LogP contribution in [0.5, 0.6) is 0 Å². The maximum absolute atomic E-state index is 11.9. The minimum absolute atomic E-state index is 0.169. The van der Waals surface area contributed by atoms with E-state index < -0.39 is 5.60 Å². The molecular weight excluding hydrogens is 242 g/mol. The smallest absolute Gasteiger partial charge is 0.410 e. The predicted molar refractivity (Wildman–Crippen MR) is 70.5 cm³/mol. The lowest BCUT2D eigenvalue weighted by atomic mass is 10.2. The second kappa shape index (κ2) is 4.25. The largest absolute Gasteiger partial charge is 0.444 e. The van der Waals surface area contributed by atoms with Crippen molar-refractivity contribution in [2.75, 3.05) is 13.1 Å². The monoisotopic (exact) mass is 263 g/mol. The number of rotatable bonds is 2. The Hall–Kier alpha value is -1.52. The molecule has 1 aliphatic heterocycles. The van der Waals surface area contributed by atoms with Gasteiger partial charge in [-0.05, 0) is 44.6 Å². The number of carbonyl (C=O) groups is 1. The van der Waals surface area contributed by atoms with Gasteiger partial charge in [-0.1, -0.05) is 0 Å². The Kier molecular flexibility index (Phi) is 2.80. The fraction of sp³-hybridized carbons (Fsp3) is 0.714. The molecule has 2 aliphatic rings. The molecule has 2 heterocycles. The van der Waals surface area contributed by atoms with Crippen LogP contribution in [0.25, 0.3) is 0 Å². The molecule has 0 aromatic carbocycles. The number of hydrogen-bond donors (Lipinski definition) is 0. The summed E-state index contributed by atoms with van der Waals surface area (Å²) in [5.41, 5.74) is -0.404. The van der Waals surface area contributed by atoms with E-state index in [-0.39, 0.29) is 6.09 Å². The van der Waals surface area contributed by atoms with Gasteiger partial charge in [-0.25, -0.2) is 4.79 Å². The molecule has 0 spiro atoms. The summed E-state index contributed by atoms with van der Waals surface area (Å²) < 4.78 is 7.39. The molecule has 5 nitrogen and oxygen atoms in total. The van der Waals surface area contributed by atoms with Crippen LogP contribution in [0.4, 0.5) is 4.79 Å². The van der Waals surface area contributed by atoms with E-state index in [0.29, 0.717) is 17.8 Å². The Bertz CT molecular complexity index is 452. The minimum Gasteiger partial charge on any atom is -0.444 e. The van der Waals surface area contributed by atoms with Crippen LogP contribution in [0.15, 0.2) is 18.5 Å². The molecule has 1 saturated carbocycles. The average Bonchev–Trinajstić information content (AvgIpc) is 2.75. The maximum Gasteiger partial charge on any atom is 0.410 e. The standard InChI is InChI=1S/C14H21N3O2/c1-14(2,3)19-13(18)16-7-10-11(8-16)12(10)9-17-6-4-5-15-17/h4-6,10-12H,7-9H2,1-3H3/t10-,11+,12?. The second-order valence-corrected chi connectivity index (χ2v) is 6.60. The Morgan fingerprint density at radius 1 is 1.37 bits per heavy atom. The number of hydrogen-bond acceptors (Lipinski definition) is 3. The topological polar surface area (TPSA) is 47.4 Å². The number of amides is 1. The van der Waals surface area contributed by atoms with Gasteiger partial charge in [0.1, 0.15) is 5.60 Å². The van der Waals surface area contributed by atoms with E-state index in [4.69, 9.17) is 4.74 Å². The normalized spacial score (nSPS) is 29.2. The first-order chi connectivity index (χ1) is 8.94. The predicted octanol–water partition coefficient (Wildman–Crippen LogP) is 2.00. The van der Waals surface area contributed by atoms with Crippen molar-refractivity contribution in [2.45, 2.75) is 32.9 Å². The molecule has 2 fully saturated rings. The summed E-state index contributed by atoms with van der Waals surface area (Å²) in [7, 11) is 0. The third-order valence-electron chi connectivity index (χ3n) is 3.98. The molecule has 0 radical (unpaired) electrons. The van der Waals surface area contributed by atoms with Crippen LogP contribution in [-0.4, -0.2) is 39.5 Å². The number of fused-ring (bicyclic) bond motifs is 1. The molecule has 1 aromatic rings. The third-order valence-corrected chi connectivity index (χ3v) is 3.98. The van der Waals surface area contributed by atoms with E-state index in [1.54, 1.807) is 0 Å². The van der Waals surface area contributed by atoms with Crippen molar-refractivity contribution < 1.29 is 9.53 Å². The van der Waals surface area contributed by atoms with Gasteiger partial charge in [-0.3, -0.25) is 4.68 Å². The lowest BCUT2D eigenvalue weighted by Gasteiger charge is -2.25. The Morgan fingerprint density at radius 3 is 2.58 bits per heavy atom. The zero-order chi connectivity index (χ0) is 13.6. The third kappa shape index (κ3) is 2.60. The molecule has 0 N–H and O–H groups in total. The quantitative estimate of drug-likeness (QED) is 0.820. The molecule has 1 saturated heterocycles. The van der Waals surface area contributed by atoms with Gasteiger partial charge in [0.2, 0.25) is 0 Å². The Labute approximate surface area is 113 Å². The van der Waals surface area contributed by atoms with E-state index >= 15 is 0 Å². The Morgan fingerprint density at radius 2 is 2.05 bits per heavy atom. The van der Waals surface area contributed by atoms with Crippen LogP contribution in [0.2, 0.25) is 0 Å². The van der Waals surface area contributed by atoms with E-state index in [1.165, 1.54) is 0 Å². The molecule has 1 aromatic heterocycles. The first kappa shape index (κ1) is 12.5. The molecule has 0 bridgehead atoms. The number of carbonyl (C=O) groups excluding carboxylic acids is 1. The highest BCUT2D eigenvalue weighted by Crippen LogP contribution is 2.52. The summed E-state index contributed by atoms with van der Waals surface area (Å²) in [6.45, 7) is 8.37. The molecule has 5 heteroatoms. The molecule has 3 rings (SSSR count). The van der Waals surface area contributed by atoms with Crippen molar-refractivity contribution in [3.8, 4) is 0 Å². The van der Waals surface area contributed by atoms with Gasteiger partial charge < -0.3 is 9.64 Å². The van der Waals surface area contributed by atoms with Crippen molar-refractivity contribution in [3.63, 3.8) is 0 Å². The zero-order valence-corrected chi connectivity index (χ0v) is 11.7. The maximum atomic E-state index is 11.9. The summed E-state index contributed by atoms with van der Waals surface area (Å²) >= 11 is 0. The highest BCUT2D eigenvalue weighted by molar-refractivity contribution is 5.68. The van der Waals surface area contributed by atoms with Gasteiger partial charge >= 0.3 is 6.09 Å². The SMILES string of the molecule is CC(C)(C)OC(=O)N1C[C@@H]2C(Cn3cccn3)[C@@H]2C1. The van der Waals surface area contributed by atoms with Crippen LogP contribution in [0.1, 0.15) is 20.8 Å². The molecule has 104 valence electrons. The highest BCUT2D eigenvalue weighted by atomic mass is 16.6. The van der Waals surface area contributed by atoms with Crippen LogP contribution < -0.4 is 0 Å². The summed E-state index contributed by atoms with van der Waals surface area (Å²) in [6, 6.07) is 1.95. The minimum atomic E-state index is -0.404. The van der Waals surface area contributed by atoms with E-state index in [2.05, 4.69) is 5.10 Å². The zero-order valence-electron chi connectivity index (χ0n) is 11.7. The van der Waals surface area contributed by atoms with Crippen molar-refractivity contribution in [1.29, 1.82) is 0 Å². The molecule has 1 amide bonds. The number of aromatic nitrogens is 2. The van der Waals surface area contributed by atoms with Gasteiger partial charge in [-0.15, -0.1) is 0 Å². The highest BCUT2D eigenvalue weighted by Gasteiger charge is 2.57. The summed E-state index contributed by atoms with van der Waals surface area (Å²) in [6.07, 6.45) is 3.64. The van der Waals surface area contributed by atoms with Gasteiger partial charge in [-0.2, -0.15) is 5.10 Å². The molecule has 1 unspecified atom stereocenters. The van der Waals surface area contributed by atoms with Gasteiger partial charge in [0, 0.05) is 32.0 Å². The lowest BCUT2D eigenvalue weighted by Crippen LogP contribution is -2.37. The lowest BCUT2D eigenvalue weighted by molar-refractivity contribution is 0.0264. The molecule has 19 heavy (non-hydrogen) atoms. The molecule has 1 aliphatic carbocycles. The van der Waals surface area contributed by atoms with Gasteiger partial charge in [0.15, 0.2) is 0 Å². The number of piperidine rings is 1. The number of nitrogens with zero attached hydrogens (tertiary/aromatic N) is 3. The average molecular weight is 263 g/mol. The summed E-state index contributed by atoms with van der Waals surface area (Å²) in [5, 5.41) is 4.24. The first-order valence-electron chi connectivity index (χ1n) is 6.89. The van der Waals surface area contributed by atoms with E-state index in [0.717, 1.165) is 19.6 Å². The van der Waals surface area contributed by atoms with Crippen LogP contribution in [0, 0.1) is 17.8 Å².